The Hall–Kier alpha value is -2.91. The molecule has 1 heterocycles. The van der Waals surface area contributed by atoms with E-state index < -0.39 is 9.05 Å². The first-order valence-electron chi connectivity index (χ1n) is 7.73. The standard InChI is InChI=1S/C17H15ClN4O4S/c1-11-16(17(23)22(21-11)12-6-4-3-5-7-12)20-19-14-9-8-13(27(18,24)25)10-15(14)26-2/h3-10,21H,1-2H3/b20-19+. The molecule has 8 nitrogen and oxygen atoms in total. The van der Waals surface area contributed by atoms with Gasteiger partial charge in [-0.05, 0) is 31.2 Å². The van der Waals surface area contributed by atoms with Crippen LogP contribution in [0.15, 0.2) is 68.4 Å². The molecule has 0 aliphatic rings. The summed E-state index contributed by atoms with van der Waals surface area (Å²) in [5, 5.41) is 11.0. The molecule has 0 saturated heterocycles. The molecule has 1 N–H and O–H groups in total. The second-order valence-corrected chi connectivity index (χ2v) is 8.10. The van der Waals surface area contributed by atoms with Crippen LogP contribution < -0.4 is 10.3 Å². The number of aryl methyl sites for hydroxylation is 1. The van der Waals surface area contributed by atoms with Crippen LogP contribution in [0.2, 0.25) is 0 Å². The van der Waals surface area contributed by atoms with Gasteiger partial charge < -0.3 is 4.74 Å². The lowest BCUT2D eigenvalue weighted by molar-refractivity contribution is 0.414. The van der Waals surface area contributed by atoms with Gasteiger partial charge in [-0.2, -0.15) is 0 Å². The maximum atomic E-state index is 12.6. The number of benzene rings is 2. The third-order valence-electron chi connectivity index (χ3n) is 3.75. The molecule has 0 spiro atoms. The van der Waals surface area contributed by atoms with E-state index in [0.717, 1.165) is 0 Å². The van der Waals surface area contributed by atoms with Crippen LogP contribution in [0.4, 0.5) is 11.4 Å². The predicted octanol–water partition coefficient (Wildman–Crippen LogP) is 3.83. The van der Waals surface area contributed by atoms with Crippen molar-refractivity contribution in [3.05, 3.63) is 64.6 Å². The van der Waals surface area contributed by atoms with Gasteiger partial charge in [-0.3, -0.25) is 9.89 Å². The van der Waals surface area contributed by atoms with Crippen molar-refractivity contribution in [2.24, 2.45) is 10.2 Å². The van der Waals surface area contributed by atoms with Gasteiger partial charge in [-0.1, -0.05) is 18.2 Å². The first kappa shape index (κ1) is 18.9. The van der Waals surface area contributed by atoms with E-state index in [1.807, 2.05) is 18.2 Å². The first-order valence-corrected chi connectivity index (χ1v) is 10.0. The predicted molar refractivity (Wildman–Crippen MR) is 101 cm³/mol. The quantitative estimate of drug-likeness (QED) is 0.513. The summed E-state index contributed by atoms with van der Waals surface area (Å²) in [5.74, 6) is 0.164. The molecule has 2 aromatic carbocycles. The number of methoxy groups -OCH3 is 1. The van der Waals surface area contributed by atoms with Gasteiger partial charge in [0.25, 0.3) is 14.6 Å². The number of aromatic nitrogens is 2. The molecule has 10 heteroatoms. The zero-order valence-electron chi connectivity index (χ0n) is 14.4. The molecule has 0 aliphatic carbocycles. The van der Waals surface area contributed by atoms with Crippen LogP contribution in [0.5, 0.6) is 5.75 Å². The topological polar surface area (TPSA) is 106 Å². The van der Waals surface area contributed by atoms with Crippen LogP contribution >= 0.6 is 10.7 Å². The number of nitrogens with zero attached hydrogens (tertiary/aromatic N) is 3. The van der Waals surface area contributed by atoms with E-state index in [1.54, 1.807) is 19.1 Å². The van der Waals surface area contributed by atoms with Gasteiger partial charge in [-0.25, -0.2) is 13.1 Å². The van der Waals surface area contributed by atoms with Crippen molar-refractivity contribution < 1.29 is 13.2 Å². The van der Waals surface area contributed by atoms with E-state index in [4.69, 9.17) is 15.4 Å². The highest BCUT2D eigenvalue weighted by atomic mass is 35.7. The molecule has 0 radical (unpaired) electrons. The van der Waals surface area contributed by atoms with Crippen LogP contribution in [-0.2, 0) is 9.05 Å². The Morgan fingerprint density at radius 2 is 1.81 bits per heavy atom. The van der Waals surface area contributed by atoms with E-state index in [0.29, 0.717) is 11.4 Å². The molecule has 27 heavy (non-hydrogen) atoms. The minimum absolute atomic E-state index is 0.121. The van der Waals surface area contributed by atoms with Crippen molar-refractivity contribution in [1.82, 2.24) is 9.78 Å². The Labute approximate surface area is 159 Å². The number of ether oxygens (including phenoxy) is 1. The van der Waals surface area contributed by atoms with Crippen LogP contribution in [0.3, 0.4) is 0 Å². The normalized spacial score (nSPS) is 11.8. The lowest BCUT2D eigenvalue weighted by atomic mass is 10.3. The minimum atomic E-state index is -3.90. The molecule has 0 aliphatic heterocycles. The van der Waals surface area contributed by atoms with Gasteiger partial charge in [0.2, 0.25) is 0 Å². The van der Waals surface area contributed by atoms with Gasteiger partial charge in [0.1, 0.15) is 11.4 Å². The molecule has 0 bridgehead atoms. The summed E-state index contributed by atoms with van der Waals surface area (Å²) in [6.45, 7) is 1.70. The molecule has 0 saturated carbocycles. The molecule has 0 unspecified atom stereocenters. The number of nitrogens with one attached hydrogen (secondary N) is 1. The number of rotatable bonds is 5. The number of hydrogen-bond donors (Lipinski definition) is 1. The van der Waals surface area contributed by atoms with Gasteiger partial charge in [-0.15, -0.1) is 10.2 Å². The number of para-hydroxylation sites is 1. The molecule has 1 aromatic heterocycles. The van der Waals surface area contributed by atoms with Gasteiger partial charge >= 0.3 is 0 Å². The average molecular weight is 407 g/mol. The maximum absolute atomic E-state index is 12.6. The fraction of sp³-hybridized carbons (Fsp3) is 0.118. The summed E-state index contributed by atoms with van der Waals surface area (Å²) in [4.78, 5) is 12.5. The summed E-state index contributed by atoms with van der Waals surface area (Å²) in [6, 6.07) is 13.0. The first-order chi connectivity index (χ1) is 12.8. The fourth-order valence-corrected chi connectivity index (χ4v) is 3.18. The molecule has 3 aromatic rings. The molecule has 3 rings (SSSR count). The number of H-pyrrole nitrogens is 1. The summed E-state index contributed by atoms with van der Waals surface area (Å²) < 4.78 is 29.4. The highest BCUT2D eigenvalue weighted by Gasteiger charge is 2.15. The Kier molecular flexibility index (Phi) is 5.15. The zero-order valence-corrected chi connectivity index (χ0v) is 16.0. The summed E-state index contributed by atoms with van der Waals surface area (Å²) in [7, 11) is 2.80. The third-order valence-corrected chi connectivity index (χ3v) is 5.10. The molecular formula is C17H15ClN4O4S. The highest BCUT2D eigenvalue weighted by molar-refractivity contribution is 8.13. The lowest BCUT2D eigenvalue weighted by Gasteiger charge is -2.04. The molecule has 0 fully saturated rings. The molecule has 0 amide bonds. The van der Waals surface area contributed by atoms with Gasteiger partial charge in [0, 0.05) is 16.7 Å². The van der Waals surface area contributed by atoms with Gasteiger partial charge in [0.05, 0.1) is 23.4 Å². The van der Waals surface area contributed by atoms with Crippen molar-refractivity contribution in [3.8, 4) is 11.4 Å². The summed E-state index contributed by atoms with van der Waals surface area (Å²) in [6.07, 6.45) is 0. The number of aromatic amines is 1. The average Bonchev–Trinajstić information content (AvgIpc) is 2.93. The molecule has 0 atom stereocenters. The Balaban J connectivity index is 2.00. The summed E-state index contributed by atoms with van der Waals surface area (Å²) in [5.41, 5.74) is 1.23. The van der Waals surface area contributed by atoms with E-state index in [-0.39, 0.29) is 27.6 Å². The zero-order chi connectivity index (χ0) is 19.6. The van der Waals surface area contributed by atoms with E-state index in [2.05, 4.69) is 15.3 Å². The fourth-order valence-electron chi connectivity index (χ4n) is 2.41. The van der Waals surface area contributed by atoms with Crippen LogP contribution in [0, 0.1) is 6.92 Å². The molecule has 140 valence electrons. The molecular weight excluding hydrogens is 392 g/mol. The highest BCUT2D eigenvalue weighted by Crippen LogP contribution is 2.32. The van der Waals surface area contributed by atoms with Crippen molar-refractivity contribution in [1.29, 1.82) is 0 Å². The van der Waals surface area contributed by atoms with Gasteiger partial charge in [0.15, 0.2) is 5.69 Å². The van der Waals surface area contributed by atoms with E-state index in [1.165, 1.54) is 30.0 Å². The van der Waals surface area contributed by atoms with Crippen molar-refractivity contribution in [2.45, 2.75) is 11.8 Å². The van der Waals surface area contributed by atoms with E-state index >= 15 is 0 Å². The van der Waals surface area contributed by atoms with Crippen LogP contribution in [0.1, 0.15) is 5.69 Å². The second-order valence-electron chi connectivity index (χ2n) is 5.53. The Morgan fingerprint density at radius 3 is 2.44 bits per heavy atom. The SMILES string of the molecule is COc1cc(S(=O)(=O)Cl)ccc1/N=N/c1c(C)[nH]n(-c2ccccc2)c1=O. The monoisotopic (exact) mass is 406 g/mol. The van der Waals surface area contributed by atoms with Crippen LogP contribution in [0.25, 0.3) is 5.69 Å². The minimum Gasteiger partial charge on any atom is -0.494 e. The van der Waals surface area contributed by atoms with Crippen LogP contribution in [-0.4, -0.2) is 25.3 Å². The van der Waals surface area contributed by atoms with Crippen molar-refractivity contribution in [3.63, 3.8) is 0 Å². The largest absolute Gasteiger partial charge is 0.494 e. The second kappa shape index (κ2) is 7.37. The van der Waals surface area contributed by atoms with E-state index in [9.17, 15) is 13.2 Å². The summed E-state index contributed by atoms with van der Waals surface area (Å²) >= 11 is 0. The Morgan fingerprint density at radius 1 is 1.11 bits per heavy atom. The maximum Gasteiger partial charge on any atom is 0.299 e. The smallest absolute Gasteiger partial charge is 0.299 e. The number of halogens is 1. The van der Waals surface area contributed by atoms with Crippen molar-refractivity contribution >= 4 is 31.1 Å². The Bertz CT molecular complexity index is 1170. The number of hydrogen-bond acceptors (Lipinski definition) is 6. The number of azo groups is 1. The third kappa shape index (κ3) is 3.93. The lowest BCUT2D eigenvalue weighted by Crippen LogP contribution is -2.13. The van der Waals surface area contributed by atoms with Crippen molar-refractivity contribution in [2.75, 3.05) is 7.11 Å².